The fourth-order valence-electron chi connectivity index (χ4n) is 1.84. The van der Waals surface area contributed by atoms with Gasteiger partial charge in [0.15, 0.2) is 0 Å². The molecule has 1 N–H and O–H groups in total. The number of nitrogens with zero attached hydrogens (tertiary/aromatic N) is 1. The van der Waals surface area contributed by atoms with Crippen LogP contribution >= 0.6 is 23.2 Å². The van der Waals surface area contributed by atoms with Gasteiger partial charge in [-0.2, -0.15) is 0 Å². The summed E-state index contributed by atoms with van der Waals surface area (Å²) in [5, 5.41) is 3.77. The van der Waals surface area contributed by atoms with E-state index in [2.05, 4.69) is 22.2 Å². The Morgan fingerprint density at radius 1 is 1.30 bits per heavy atom. The lowest BCUT2D eigenvalue weighted by molar-refractivity contribution is 0.0527. The van der Waals surface area contributed by atoms with Crippen molar-refractivity contribution in [2.45, 2.75) is 45.6 Å². The van der Waals surface area contributed by atoms with Crippen LogP contribution in [0.15, 0.2) is 23.2 Å². The van der Waals surface area contributed by atoms with E-state index in [9.17, 15) is 4.79 Å². The summed E-state index contributed by atoms with van der Waals surface area (Å²) in [4.78, 5) is 15.6. The number of amides is 1. The van der Waals surface area contributed by atoms with Crippen molar-refractivity contribution in [1.82, 2.24) is 5.32 Å². The minimum absolute atomic E-state index is 0.409. The number of nitrogens with one attached hydrogen (secondary N) is 1. The van der Waals surface area contributed by atoms with Crippen LogP contribution in [0.25, 0.3) is 0 Å². The summed E-state index contributed by atoms with van der Waals surface area (Å²) >= 11 is 11.9. The van der Waals surface area contributed by atoms with Crippen molar-refractivity contribution in [3.05, 3.63) is 28.2 Å². The van der Waals surface area contributed by atoms with Gasteiger partial charge in [-0.05, 0) is 51.8 Å². The Morgan fingerprint density at radius 2 is 2.07 bits per heavy atom. The van der Waals surface area contributed by atoms with Gasteiger partial charge in [-0.1, -0.05) is 35.0 Å². The quantitative estimate of drug-likeness (QED) is 0.365. The molecule has 0 aliphatic rings. The van der Waals surface area contributed by atoms with Crippen molar-refractivity contribution in [3.63, 3.8) is 0 Å². The smallest absolute Gasteiger partial charge is 0.407 e. The maximum Gasteiger partial charge on any atom is 0.407 e. The molecule has 148 valence electrons. The number of hydrogen-bond donors (Lipinski definition) is 1. The third-order valence-corrected chi connectivity index (χ3v) is 3.52. The molecule has 27 heavy (non-hydrogen) atoms. The maximum atomic E-state index is 11.4. The number of hydrogen-bond acceptors (Lipinski definition) is 4. The molecule has 1 rings (SSSR count). The molecule has 7 heteroatoms. The molecule has 0 atom stereocenters. The van der Waals surface area contributed by atoms with Crippen LogP contribution in [-0.2, 0) is 4.74 Å². The molecule has 1 aromatic carbocycles. The average molecular weight is 413 g/mol. The molecule has 0 bridgehead atoms. The highest BCUT2D eigenvalue weighted by atomic mass is 35.5. The van der Waals surface area contributed by atoms with Gasteiger partial charge in [0.05, 0.1) is 17.8 Å². The van der Waals surface area contributed by atoms with Gasteiger partial charge >= 0.3 is 6.09 Å². The van der Waals surface area contributed by atoms with Gasteiger partial charge in [0.2, 0.25) is 0 Å². The zero-order valence-corrected chi connectivity index (χ0v) is 17.5. The van der Waals surface area contributed by atoms with E-state index >= 15 is 0 Å². The summed E-state index contributed by atoms with van der Waals surface area (Å²) in [6.45, 7) is 7.13. The summed E-state index contributed by atoms with van der Waals surface area (Å²) < 4.78 is 10.7. The summed E-state index contributed by atoms with van der Waals surface area (Å²) in [7, 11) is 0. The highest BCUT2D eigenvalue weighted by molar-refractivity contribution is 6.35. The van der Waals surface area contributed by atoms with Crippen LogP contribution in [0.1, 0.15) is 40.0 Å². The first-order chi connectivity index (χ1) is 12.8. The zero-order chi connectivity index (χ0) is 20.1. The van der Waals surface area contributed by atoms with Gasteiger partial charge in [-0.3, -0.25) is 4.99 Å². The highest BCUT2D eigenvalue weighted by Gasteiger charge is 2.15. The molecular formula is C20H26Cl2N2O3. The van der Waals surface area contributed by atoms with Gasteiger partial charge in [0.25, 0.3) is 0 Å². The van der Waals surface area contributed by atoms with Crippen molar-refractivity contribution >= 4 is 35.5 Å². The molecule has 0 saturated heterocycles. The number of carbonyl (C=O) groups is 1. The first-order valence-electron chi connectivity index (χ1n) is 8.79. The average Bonchev–Trinajstić information content (AvgIpc) is 2.56. The number of unbranched alkanes of at least 4 members (excludes halogenated alkanes) is 1. The molecule has 0 radical (unpaired) electrons. The van der Waals surface area contributed by atoms with Crippen LogP contribution in [-0.4, -0.2) is 37.6 Å². The lowest BCUT2D eigenvalue weighted by atomic mass is 10.2. The van der Waals surface area contributed by atoms with Crippen LogP contribution in [0.5, 0.6) is 5.75 Å². The largest absolute Gasteiger partial charge is 0.492 e. The topological polar surface area (TPSA) is 59.9 Å². The highest BCUT2D eigenvalue weighted by Crippen LogP contribution is 2.27. The van der Waals surface area contributed by atoms with Gasteiger partial charge in [-0.25, -0.2) is 4.79 Å². The van der Waals surface area contributed by atoms with E-state index < -0.39 is 11.7 Å². The predicted molar refractivity (Wildman–Crippen MR) is 111 cm³/mol. The Bertz CT molecular complexity index is 689. The van der Waals surface area contributed by atoms with Crippen LogP contribution in [0.3, 0.4) is 0 Å². The number of ether oxygens (including phenoxy) is 2. The zero-order valence-electron chi connectivity index (χ0n) is 16.0. The Morgan fingerprint density at radius 3 is 2.78 bits per heavy atom. The Balaban J connectivity index is 2.05. The minimum Gasteiger partial charge on any atom is -0.492 e. The maximum absolute atomic E-state index is 11.4. The number of benzene rings is 1. The van der Waals surface area contributed by atoms with Crippen molar-refractivity contribution < 1.29 is 14.3 Å². The second-order valence-corrected chi connectivity index (χ2v) is 7.51. The van der Waals surface area contributed by atoms with Gasteiger partial charge in [0, 0.05) is 24.5 Å². The second kappa shape index (κ2) is 12.5. The third kappa shape index (κ3) is 12.2. The summed E-state index contributed by atoms with van der Waals surface area (Å²) in [5.74, 6) is 6.51. The first-order valence-corrected chi connectivity index (χ1v) is 9.55. The molecule has 0 heterocycles. The normalized spacial score (nSPS) is 11.0. The van der Waals surface area contributed by atoms with Crippen molar-refractivity contribution in [3.8, 4) is 17.6 Å². The van der Waals surface area contributed by atoms with Crippen molar-refractivity contribution in [2.24, 2.45) is 4.99 Å². The molecular weight excluding hydrogens is 387 g/mol. The second-order valence-electron chi connectivity index (χ2n) is 6.67. The number of carbonyl (C=O) groups excluding carboxylic acids is 1. The molecule has 0 aliphatic carbocycles. The summed E-state index contributed by atoms with van der Waals surface area (Å²) in [5.41, 5.74) is -0.482. The molecule has 0 fully saturated rings. The lowest BCUT2D eigenvalue weighted by Gasteiger charge is -2.19. The lowest BCUT2D eigenvalue weighted by Crippen LogP contribution is -2.33. The van der Waals surface area contributed by atoms with E-state index in [1.54, 1.807) is 24.4 Å². The van der Waals surface area contributed by atoms with E-state index in [-0.39, 0.29) is 0 Å². The first kappa shape index (κ1) is 23.1. The summed E-state index contributed by atoms with van der Waals surface area (Å²) in [6, 6.07) is 5.14. The van der Waals surface area contributed by atoms with Crippen LogP contribution in [0, 0.1) is 11.8 Å². The van der Waals surface area contributed by atoms with Gasteiger partial charge in [-0.15, -0.1) is 0 Å². The standard InChI is InChI=1S/C20H26Cl2N2O3/c1-20(2,3)27-19(25)24-13-8-12-23-11-6-4-5-7-14-26-18-10-9-16(21)15-17(18)22/h9-11,15H,5,7-8,12-14H2,1-3H3,(H,24,25). The molecule has 0 unspecified atom stereocenters. The number of rotatable bonds is 8. The predicted octanol–water partition coefficient (Wildman–Crippen LogP) is 5.14. The monoisotopic (exact) mass is 412 g/mol. The number of aliphatic imine (C=N–C) groups is 1. The minimum atomic E-state index is -0.482. The molecule has 1 aromatic rings. The molecule has 0 saturated carbocycles. The Labute approximate surface area is 171 Å². The SMILES string of the molecule is CC(C)(C)OC(=O)NCCCN=CC#CCCCOc1ccc(Cl)cc1Cl. The fraction of sp³-hybridized carbons (Fsp3) is 0.500. The molecule has 1 amide bonds. The summed E-state index contributed by atoms with van der Waals surface area (Å²) in [6.07, 6.45) is 3.41. The van der Waals surface area contributed by atoms with E-state index in [0.29, 0.717) is 41.9 Å². The van der Waals surface area contributed by atoms with E-state index in [4.69, 9.17) is 32.7 Å². The number of alkyl carbamates (subject to hydrolysis) is 1. The number of halogens is 2. The van der Waals surface area contributed by atoms with Crippen LogP contribution in [0.4, 0.5) is 4.79 Å². The molecule has 0 aromatic heterocycles. The Hall–Kier alpha value is -1.90. The molecule has 0 aliphatic heterocycles. The van der Waals surface area contributed by atoms with E-state index in [1.165, 1.54) is 0 Å². The Kier molecular flexibility index (Phi) is 10.7. The van der Waals surface area contributed by atoms with Crippen molar-refractivity contribution in [1.29, 1.82) is 0 Å². The van der Waals surface area contributed by atoms with E-state index in [0.717, 1.165) is 12.8 Å². The van der Waals surface area contributed by atoms with E-state index in [1.807, 2.05) is 20.8 Å². The van der Waals surface area contributed by atoms with Crippen molar-refractivity contribution in [2.75, 3.05) is 19.7 Å². The third-order valence-electron chi connectivity index (χ3n) is 2.99. The van der Waals surface area contributed by atoms with Crippen LogP contribution in [0.2, 0.25) is 10.0 Å². The molecule has 0 spiro atoms. The van der Waals surface area contributed by atoms with Gasteiger partial charge in [0.1, 0.15) is 11.4 Å². The van der Waals surface area contributed by atoms with Gasteiger partial charge < -0.3 is 14.8 Å². The fourth-order valence-corrected chi connectivity index (χ4v) is 2.30. The molecule has 5 nitrogen and oxygen atoms in total. The van der Waals surface area contributed by atoms with Crippen LogP contribution < -0.4 is 10.1 Å².